The second-order valence-corrected chi connectivity index (χ2v) is 2.36. The molecule has 0 saturated heterocycles. The first-order chi connectivity index (χ1) is 6.15. The highest BCUT2D eigenvalue weighted by atomic mass is 16.4. The molecule has 5 nitrogen and oxygen atoms in total. The van der Waals surface area contributed by atoms with Gasteiger partial charge in [0.05, 0.1) is 5.56 Å². The average Bonchev–Trinajstić information content (AvgIpc) is 2.52. The van der Waals surface area contributed by atoms with Crippen LogP contribution < -0.4 is 5.32 Å². The maximum atomic E-state index is 11.1. The van der Waals surface area contributed by atoms with Gasteiger partial charge in [0.1, 0.15) is 6.26 Å². The Bertz CT molecular complexity index is 329. The van der Waals surface area contributed by atoms with Crippen molar-refractivity contribution in [3.63, 3.8) is 0 Å². The van der Waals surface area contributed by atoms with E-state index in [1.165, 1.54) is 6.07 Å². The summed E-state index contributed by atoms with van der Waals surface area (Å²) in [5, 5.41) is 11.0. The van der Waals surface area contributed by atoms with Crippen molar-refractivity contribution < 1.29 is 19.1 Å². The fourth-order valence-electron chi connectivity index (χ4n) is 0.815. The van der Waals surface area contributed by atoms with Crippen molar-refractivity contribution in [2.45, 2.75) is 6.92 Å². The van der Waals surface area contributed by atoms with Crippen molar-refractivity contribution in [3.8, 4) is 0 Å². The maximum Gasteiger partial charge on any atom is 0.338 e. The van der Waals surface area contributed by atoms with E-state index in [4.69, 9.17) is 9.52 Å². The molecule has 2 N–H and O–H groups in total. The molecule has 1 rings (SSSR count). The van der Waals surface area contributed by atoms with Crippen LogP contribution in [-0.2, 0) is 0 Å². The molecule has 70 valence electrons. The Kier molecular flexibility index (Phi) is 2.69. The quantitative estimate of drug-likeness (QED) is 0.723. The minimum Gasteiger partial charge on any atom is -0.478 e. The van der Waals surface area contributed by atoms with Crippen LogP contribution in [-0.4, -0.2) is 23.5 Å². The number of nitrogens with one attached hydrogen (secondary N) is 1. The van der Waals surface area contributed by atoms with Gasteiger partial charge in [0.25, 0.3) is 5.91 Å². The molecule has 0 spiro atoms. The van der Waals surface area contributed by atoms with Gasteiger partial charge in [-0.3, -0.25) is 4.79 Å². The molecule has 0 fully saturated rings. The minimum atomic E-state index is -1.11. The van der Waals surface area contributed by atoms with Gasteiger partial charge in [0.2, 0.25) is 0 Å². The molecule has 1 amide bonds. The molecular weight excluding hydrogens is 174 g/mol. The van der Waals surface area contributed by atoms with Crippen molar-refractivity contribution in [3.05, 3.63) is 23.7 Å². The highest BCUT2D eigenvalue weighted by molar-refractivity contribution is 5.95. The molecule has 0 aliphatic carbocycles. The lowest BCUT2D eigenvalue weighted by Crippen LogP contribution is -2.21. The zero-order valence-corrected chi connectivity index (χ0v) is 7.03. The molecule has 0 atom stereocenters. The molecule has 0 aliphatic rings. The van der Waals surface area contributed by atoms with Crippen LogP contribution in [0.3, 0.4) is 0 Å². The highest BCUT2D eigenvalue weighted by Crippen LogP contribution is 2.07. The number of carbonyl (C=O) groups is 2. The van der Waals surface area contributed by atoms with E-state index in [9.17, 15) is 9.59 Å². The van der Waals surface area contributed by atoms with Gasteiger partial charge in [-0.1, -0.05) is 0 Å². The van der Waals surface area contributed by atoms with Crippen LogP contribution in [0.5, 0.6) is 0 Å². The Morgan fingerprint density at radius 1 is 1.62 bits per heavy atom. The van der Waals surface area contributed by atoms with Crippen molar-refractivity contribution in [1.82, 2.24) is 5.32 Å². The molecule has 0 radical (unpaired) electrons. The largest absolute Gasteiger partial charge is 0.478 e. The standard InChI is InChI=1S/C8H9NO4/c1-2-9-7(10)6-3-5(4-13-6)8(11)12/h3-4H,2H2,1H3,(H,9,10)(H,11,12). The third-order valence-corrected chi connectivity index (χ3v) is 1.41. The molecule has 1 heterocycles. The van der Waals surface area contributed by atoms with Gasteiger partial charge < -0.3 is 14.8 Å². The number of hydrogen-bond acceptors (Lipinski definition) is 3. The van der Waals surface area contributed by atoms with Crippen molar-refractivity contribution >= 4 is 11.9 Å². The molecule has 1 aromatic rings. The van der Waals surface area contributed by atoms with E-state index in [1.807, 2.05) is 0 Å². The van der Waals surface area contributed by atoms with E-state index in [0.29, 0.717) is 6.54 Å². The fourth-order valence-corrected chi connectivity index (χ4v) is 0.815. The monoisotopic (exact) mass is 183 g/mol. The number of carboxylic acids is 1. The van der Waals surface area contributed by atoms with Gasteiger partial charge in [0.15, 0.2) is 5.76 Å². The number of rotatable bonds is 3. The van der Waals surface area contributed by atoms with Crippen molar-refractivity contribution in [2.24, 2.45) is 0 Å². The number of aromatic carboxylic acids is 1. The van der Waals surface area contributed by atoms with E-state index < -0.39 is 11.9 Å². The molecular formula is C8H9NO4. The number of amides is 1. The normalized spacial score (nSPS) is 9.62. The van der Waals surface area contributed by atoms with E-state index in [1.54, 1.807) is 6.92 Å². The number of carbonyl (C=O) groups excluding carboxylic acids is 1. The van der Waals surface area contributed by atoms with Crippen LogP contribution >= 0.6 is 0 Å². The van der Waals surface area contributed by atoms with Gasteiger partial charge in [-0.2, -0.15) is 0 Å². The Hall–Kier alpha value is -1.78. The average molecular weight is 183 g/mol. The van der Waals surface area contributed by atoms with Gasteiger partial charge in [-0.15, -0.1) is 0 Å². The van der Waals surface area contributed by atoms with E-state index in [0.717, 1.165) is 6.26 Å². The number of hydrogen-bond donors (Lipinski definition) is 2. The van der Waals surface area contributed by atoms with Crippen LogP contribution in [0.2, 0.25) is 0 Å². The maximum absolute atomic E-state index is 11.1. The summed E-state index contributed by atoms with van der Waals surface area (Å²) in [6, 6.07) is 1.19. The van der Waals surface area contributed by atoms with Crippen LogP contribution in [0.15, 0.2) is 16.7 Å². The second kappa shape index (κ2) is 3.75. The van der Waals surface area contributed by atoms with Gasteiger partial charge in [-0.05, 0) is 6.92 Å². The third kappa shape index (κ3) is 2.08. The van der Waals surface area contributed by atoms with Crippen LogP contribution in [0.1, 0.15) is 27.8 Å². The lowest BCUT2D eigenvalue weighted by Gasteiger charge is -1.95. The molecule has 5 heteroatoms. The first kappa shape index (κ1) is 9.31. The molecule has 0 aromatic carbocycles. The predicted octanol–water partition coefficient (Wildman–Crippen LogP) is 0.728. The molecule has 0 unspecified atom stereocenters. The number of furan rings is 1. The topological polar surface area (TPSA) is 79.5 Å². The van der Waals surface area contributed by atoms with Crippen molar-refractivity contribution in [1.29, 1.82) is 0 Å². The summed E-state index contributed by atoms with van der Waals surface area (Å²) in [5.41, 5.74) is -0.0266. The first-order valence-electron chi connectivity index (χ1n) is 3.75. The lowest BCUT2D eigenvalue weighted by atomic mass is 10.3. The lowest BCUT2D eigenvalue weighted by molar-refractivity contribution is 0.0696. The zero-order chi connectivity index (χ0) is 9.84. The predicted molar refractivity (Wildman–Crippen MR) is 43.7 cm³/mol. The SMILES string of the molecule is CCNC(=O)c1cc(C(=O)O)co1. The van der Waals surface area contributed by atoms with Crippen LogP contribution in [0.25, 0.3) is 0 Å². The summed E-state index contributed by atoms with van der Waals surface area (Å²) in [6.45, 7) is 2.24. The number of carboxylic acid groups (broad SMARTS) is 1. The van der Waals surface area contributed by atoms with Gasteiger partial charge >= 0.3 is 5.97 Å². The summed E-state index contributed by atoms with van der Waals surface area (Å²) in [4.78, 5) is 21.5. The Balaban J connectivity index is 2.79. The fraction of sp³-hybridized carbons (Fsp3) is 0.250. The Morgan fingerprint density at radius 3 is 2.77 bits per heavy atom. The summed E-state index contributed by atoms with van der Waals surface area (Å²) in [6.07, 6.45) is 1.03. The summed E-state index contributed by atoms with van der Waals surface area (Å²) >= 11 is 0. The summed E-state index contributed by atoms with van der Waals surface area (Å²) in [7, 11) is 0. The first-order valence-corrected chi connectivity index (χ1v) is 3.75. The molecule has 0 saturated carbocycles. The van der Waals surface area contributed by atoms with E-state index >= 15 is 0 Å². The van der Waals surface area contributed by atoms with E-state index in [2.05, 4.69) is 5.32 Å². The third-order valence-electron chi connectivity index (χ3n) is 1.41. The molecule has 13 heavy (non-hydrogen) atoms. The van der Waals surface area contributed by atoms with Gasteiger partial charge in [0, 0.05) is 12.6 Å². The Morgan fingerprint density at radius 2 is 2.31 bits per heavy atom. The van der Waals surface area contributed by atoms with Crippen LogP contribution in [0.4, 0.5) is 0 Å². The van der Waals surface area contributed by atoms with Crippen molar-refractivity contribution in [2.75, 3.05) is 6.54 Å². The van der Waals surface area contributed by atoms with Crippen LogP contribution in [0, 0.1) is 0 Å². The van der Waals surface area contributed by atoms with Gasteiger partial charge in [-0.25, -0.2) is 4.79 Å². The summed E-state index contributed by atoms with van der Waals surface area (Å²) in [5.74, 6) is -1.51. The molecule has 1 aromatic heterocycles. The minimum absolute atomic E-state index is 0.0132. The molecule has 0 bridgehead atoms. The zero-order valence-electron chi connectivity index (χ0n) is 7.03. The Labute approximate surface area is 74.4 Å². The molecule has 0 aliphatic heterocycles. The summed E-state index contributed by atoms with van der Waals surface area (Å²) < 4.78 is 4.75. The highest BCUT2D eigenvalue weighted by Gasteiger charge is 2.13. The van der Waals surface area contributed by atoms with E-state index in [-0.39, 0.29) is 11.3 Å². The second-order valence-electron chi connectivity index (χ2n) is 2.36. The smallest absolute Gasteiger partial charge is 0.338 e.